The lowest BCUT2D eigenvalue weighted by atomic mass is 10.2. The summed E-state index contributed by atoms with van der Waals surface area (Å²) in [5, 5.41) is 3.79. The molecule has 1 aromatic rings. The molecule has 0 aliphatic carbocycles. The average molecular weight is 298 g/mol. The molecule has 0 bridgehead atoms. The fourth-order valence-corrected chi connectivity index (χ4v) is 2.87. The van der Waals surface area contributed by atoms with Crippen molar-refractivity contribution in [3.63, 3.8) is 0 Å². The molecule has 6 heteroatoms. The Morgan fingerprint density at radius 2 is 2.20 bits per heavy atom. The predicted molar refractivity (Wildman–Crippen MR) is 84.7 cm³/mol. The van der Waals surface area contributed by atoms with E-state index in [1.165, 1.54) is 0 Å². The van der Waals surface area contributed by atoms with Gasteiger partial charge in [0.2, 0.25) is 5.95 Å². The van der Waals surface area contributed by atoms with E-state index in [0.29, 0.717) is 17.0 Å². The van der Waals surface area contributed by atoms with Crippen molar-refractivity contribution in [2.24, 2.45) is 0 Å². The fraction of sp³-hybridized carbons (Fsp3) is 0.714. The number of hydrogen-bond donors (Lipinski definition) is 1. The van der Waals surface area contributed by atoms with Gasteiger partial charge in [-0.3, -0.25) is 0 Å². The van der Waals surface area contributed by atoms with Gasteiger partial charge in [-0.15, -0.1) is 0 Å². The number of nitrogens with one attached hydrogen (secondary N) is 1. The van der Waals surface area contributed by atoms with E-state index < -0.39 is 0 Å². The normalized spacial score (nSPS) is 20.8. The molecule has 1 atom stereocenters. The molecule has 1 aliphatic rings. The Morgan fingerprint density at radius 3 is 2.90 bits per heavy atom. The molecule has 5 nitrogen and oxygen atoms in total. The minimum absolute atomic E-state index is 0.448. The van der Waals surface area contributed by atoms with E-state index in [9.17, 15) is 0 Å². The second kappa shape index (κ2) is 7.09. The topological polar surface area (TPSA) is 44.3 Å². The summed E-state index contributed by atoms with van der Waals surface area (Å²) >= 11 is 6.33. The predicted octanol–water partition coefficient (Wildman–Crippen LogP) is 2.48. The van der Waals surface area contributed by atoms with Crippen molar-refractivity contribution in [3.8, 4) is 0 Å². The summed E-state index contributed by atoms with van der Waals surface area (Å²) in [5.74, 6) is 1.51. The Labute approximate surface area is 126 Å². The largest absolute Gasteiger partial charge is 0.354 e. The van der Waals surface area contributed by atoms with Crippen LogP contribution in [0.3, 0.4) is 0 Å². The van der Waals surface area contributed by atoms with Gasteiger partial charge in [-0.05, 0) is 33.4 Å². The molecule has 1 aliphatic heterocycles. The van der Waals surface area contributed by atoms with E-state index in [1.54, 1.807) is 6.20 Å². The summed E-state index contributed by atoms with van der Waals surface area (Å²) in [4.78, 5) is 13.6. The van der Waals surface area contributed by atoms with Gasteiger partial charge in [0.25, 0.3) is 0 Å². The van der Waals surface area contributed by atoms with Crippen LogP contribution in [-0.4, -0.2) is 54.1 Å². The summed E-state index contributed by atoms with van der Waals surface area (Å²) < 4.78 is 0. The fourth-order valence-electron chi connectivity index (χ4n) is 2.67. The van der Waals surface area contributed by atoms with Crippen LogP contribution in [0.2, 0.25) is 5.02 Å². The average Bonchev–Trinajstić information content (AvgIpc) is 2.62. The van der Waals surface area contributed by atoms with Gasteiger partial charge in [0, 0.05) is 25.7 Å². The molecule has 2 rings (SSSR count). The van der Waals surface area contributed by atoms with Gasteiger partial charge in [-0.2, -0.15) is 4.98 Å². The van der Waals surface area contributed by atoms with E-state index in [2.05, 4.69) is 39.1 Å². The van der Waals surface area contributed by atoms with Gasteiger partial charge >= 0.3 is 0 Å². The van der Waals surface area contributed by atoms with Gasteiger partial charge in [-0.1, -0.05) is 18.5 Å². The Balaban J connectivity index is 2.29. The van der Waals surface area contributed by atoms with Crippen LogP contribution in [-0.2, 0) is 0 Å². The molecule has 1 fully saturated rings. The van der Waals surface area contributed by atoms with Crippen LogP contribution < -0.4 is 10.2 Å². The molecule has 0 spiro atoms. The number of anilines is 2. The molecule has 1 saturated heterocycles. The zero-order valence-electron chi connectivity index (χ0n) is 12.6. The zero-order chi connectivity index (χ0) is 14.5. The van der Waals surface area contributed by atoms with Gasteiger partial charge in [0.15, 0.2) is 5.82 Å². The van der Waals surface area contributed by atoms with Crippen molar-refractivity contribution >= 4 is 23.4 Å². The minimum Gasteiger partial charge on any atom is -0.354 e. The maximum absolute atomic E-state index is 6.33. The monoisotopic (exact) mass is 297 g/mol. The highest BCUT2D eigenvalue weighted by molar-refractivity contribution is 6.32. The van der Waals surface area contributed by atoms with Crippen molar-refractivity contribution in [3.05, 3.63) is 11.2 Å². The van der Waals surface area contributed by atoms with Crippen LogP contribution in [0, 0.1) is 0 Å². The SMILES string of the molecule is CCNc1ncc(Cl)c(N2CCCN(C)CC2CC)n1. The maximum atomic E-state index is 6.33. The first-order valence-corrected chi connectivity index (χ1v) is 7.75. The van der Waals surface area contributed by atoms with Crippen molar-refractivity contribution in [2.75, 3.05) is 43.4 Å². The van der Waals surface area contributed by atoms with E-state index >= 15 is 0 Å². The quantitative estimate of drug-likeness (QED) is 0.925. The zero-order valence-corrected chi connectivity index (χ0v) is 13.3. The third-order valence-corrected chi connectivity index (χ3v) is 3.97. The summed E-state index contributed by atoms with van der Waals surface area (Å²) in [6, 6.07) is 0.448. The molecular weight excluding hydrogens is 274 g/mol. The first-order valence-electron chi connectivity index (χ1n) is 7.37. The molecule has 2 heterocycles. The van der Waals surface area contributed by atoms with Crippen LogP contribution in [0.15, 0.2) is 6.20 Å². The van der Waals surface area contributed by atoms with Crippen molar-refractivity contribution in [2.45, 2.75) is 32.7 Å². The van der Waals surface area contributed by atoms with Crippen LogP contribution in [0.1, 0.15) is 26.7 Å². The van der Waals surface area contributed by atoms with Gasteiger partial charge in [0.1, 0.15) is 5.02 Å². The summed E-state index contributed by atoms with van der Waals surface area (Å²) in [5.41, 5.74) is 0. The number of hydrogen-bond acceptors (Lipinski definition) is 5. The molecule has 112 valence electrons. The smallest absolute Gasteiger partial charge is 0.224 e. The molecule has 0 amide bonds. The highest BCUT2D eigenvalue weighted by Gasteiger charge is 2.25. The molecule has 20 heavy (non-hydrogen) atoms. The lowest BCUT2D eigenvalue weighted by Gasteiger charge is -2.31. The first kappa shape index (κ1) is 15.3. The molecule has 1 aromatic heterocycles. The number of rotatable bonds is 4. The lowest BCUT2D eigenvalue weighted by Crippen LogP contribution is -2.40. The second-order valence-electron chi connectivity index (χ2n) is 5.27. The van der Waals surface area contributed by atoms with Crippen LogP contribution in [0.25, 0.3) is 0 Å². The Kier molecular flexibility index (Phi) is 5.43. The number of halogens is 1. The Morgan fingerprint density at radius 1 is 1.40 bits per heavy atom. The van der Waals surface area contributed by atoms with Crippen molar-refractivity contribution in [1.82, 2.24) is 14.9 Å². The highest BCUT2D eigenvalue weighted by Crippen LogP contribution is 2.28. The van der Waals surface area contributed by atoms with E-state index in [4.69, 9.17) is 11.6 Å². The minimum atomic E-state index is 0.448. The molecular formula is C14H24ClN5. The molecule has 0 radical (unpaired) electrons. The summed E-state index contributed by atoms with van der Waals surface area (Å²) in [7, 11) is 2.18. The first-order chi connectivity index (χ1) is 9.65. The number of likely N-dealkylation sites (N-methyl/N-ethyl adjacent to an activating group) is 1. The lowest BCUT2D eigenvalue weighted by molar-refractivity contribution is 0.327. The van der Waals surface area contributed by atoms with Gasteiger partial charge < -0.3 is 15.1 Å². The van der Waals surface area contributed by atoms with Crippen LogP contribution >= 0.6 is 11.6 Å². The summed E-state index contributed by atoms with van der Waals surface area (Å²) in [6.07, 6.45) is 3.91. The number of aromatic nitrogens is 2. The standard InChI is InChI=1S/C14H24ClN5/c1-4-11-10-19(3)7-6-8-20(11)13-12(15)9-17-14(18-13)16-5-2/h9,11H,4-8,10H2,1-3H3,(H,16,17,18). The maximum Gasteiger partial charge on any atom is 0.224 e. The van der Waals surface area contributed by atoms with Gasteiger partial charge in [-0.25, -0.2) is 4.98 Å². The van der Waals surface area contributed by atoms with Crippen molar-refractivity contribution in [1.29, 1.82) is 0 Å². The molecule has 0 saturated carbocycles. The van der Waals surface area contributed by atoms with Crippen LogP contribution in [0.5, 0.6) is 0 Å². The Hall–Kier alpha value is -1.07. The van der Waals surface area contributed by atoms with E-state index in [-0.39, 0.29) is 0 Å². The molecule has 1 N–H and O–H groups in total. The van der Waals surface area contributed by atoms with E-state index in [0.717, 1.165) is 44.8 Å². The second-order valence-corrected chi connectivity index (χ2v) is 5.67. The Bertz CT molecular complexity index is 440. The summed E-state index contributed by atoms with van der Waals surface area (Å²) in [6.45, 7) is 8.22. The third kappa shape index (κ3) is 3.52. The highest BCUT2D eigenvalue weighted by atomic mass is 35.5. The van der Waals surface area contributed by atoms with Crippen molar-refractivity contribution < 1.29 is 0 Å². The van der Waals surface area contributed by atoms with E-state index in [1.807, 2.05) is 6.92 Å². The van der Waals surface area contributed by atoms with Crippen LogP contribution in [0.4, 0.5) is 11.8 Å². The number of nitrogens with zero attached hydrogens (tertiary/aromatic N) is 4. The van der Waals surface area contributed by atoms with Gasteiger partial charge in [0.05, 0.1) is 6.20 Å². The molecule has 1 unspecified atom stereocenters. The third-order valence-electron chi connectivity index (χ3n) is 3.71. The molecule has 0 aromatic carbocycles.